The summed E-state index contributed by atoms with van der Waals surface area (Å²) in [7, 11) is 1.22. The summed E-state index contributed by atoms with van der Waals surface area (Å²) in [5.74, 6) is -3.50. The summed E-state index contributed by atoms with van der Waals surface area (Å²) in [4.78, 5) is 26.5. The normalized spacial score (nSPS) is 22.9. The van der Waals surface area contributed by atoms with Crippen molar-refractivity contribution in [2.45, 2.75) is 12.0 Å². The van der Waals surface area contributed by atoms with Crippen LogP contribution in [0, 0.1) is 11.7 Å². The second-order valence-corrected chi connectivity index (χ2v) is 6.49. The monoisotopic (exact) mass is 357 g/mol. The largest absolute Gasteiger partial charge is 0.481 e. The van der Waals surface area contributed by atoms with Crippen molar-refractivity contribution in [2.24, 2.45) is 5.92 Å². The van der Waals surface area contributed by atoms with Crippen LogP contribution in [-0.4, -0.2) is 42.1 Å². The summed E-state index contributed by atoms with van der Waals surface area (Å²) in [5, 5.41) is 10.0. The Morgan fingerprint density at radius 3 is 2.46 bits per heavy atom. The number of rotatable bonds is 5. The number of carboxylic acids is 1. The maximum atomic E-state index is 14.5. The fourth-order valence-corrected chi connectivity index (χ4v) is 3.75. The van der Waals surface area contributed by atoms with E-state index >= 15 is 0 Å². The van der Waals surface area contributed by atoms with Crippen LogP contribution in [0.25, 0.3) is 0 Å². The Morgan fingerprint density at radius 2 is 1.85 bits per heavy atom. The van der Waals surface area contributed by atoms with E-state index in [2.05, 4.69) is 0 Å². The Bertz CT molecular complexity index is 810. The van der Waals surface area contributed by atoms with Crippen molar-refractivity contribution in [1.82, 2.24) is 4.90 Å². The number of aliphatic carboxylic acids is 1. The molecule has 26 heavy (non-hydrogen) atoms. The molecule has 1 aliphatic rings. The molecule has 5 nitrogen and oxygen atoms in total. The van der Waals surface area contributed by atoms with Crippen LogP contribution in [-0.2, 0) is 26.3 Å². The van der Waals surface area contributed by atoms with Gasteiger partial charge in [0, 0.05) is 25.2 Å². The first-order valence-corrected chi connectivity index (χ1v) is 8.31. The van der Waals surface area contributed by atoms with E-state index in [0.29, 0.717) is 6.54 Å². The highest BCUT2D eigenvalue weighted by atomic mass is 19.1. The van der Waals surface area contributed by atoms with E-state index in [-0.39, 0.29) is 18.7 Å². The minimum atomic E-state index is -1.69. The van der Waals surface area contributed by atoms with Gasteiger partial charge in [-0.25, -0.2) is 4.39 Å². The minimum Gasteiger partial charge on any atom is -0.481 e. The maximum absolute atomic E-state index is 14.5. The van der Waals surface area contributed by atoms with Crippen LogP contribution in [0.2, 0.25) is 0 Å². The predicted molar refractivity (Wildman–Crippen MR) is 92.9 cm³/mol. The topological polar surface area (TPSA) is 66.8 Å². The Morgan fingerprint density at radius 1 is 1.19 bits per heavy atom. The second kappa shape index (κ2) is 7.25. The van der Waals surface area contributed by atoms with Crippen LogP contribution >= 0.6 is 0 Å². The zero-order valence-corrected chi connectivity index (χ0v) is 14.4. The number of methoxy groups -OCH3 is 1. The quantitative estimate of drug-likeness (QED) is 0.833. The first kappa shape index (κ1) is 18.1. The zero-order chi connectivity index (χ0) is 18.7. The molecule has 0 aromatic heterocycles. The third-order valence-electron chi connectivity index (χ3n) is 4.98. The summed E-state index contributed by atoms with van der Waals surface area (Å²) >= 11 is 0. The Balaban J connectivity index is 2.03. The van der Waals surface area contributed by atoms with Gasteiger partial charge in [0.1, 0.15) is 11.2 Å². The number of nitrogens with zero attached hydrogens (tertiary/aromatic N) is 1. The molecule has 2 aromatic carbocycles. The molecule has 6 heteroatoms. The molecule has 0 spiro atoms. The molecular formula is C20H20FNO4. The molecule has 136 valence electrons. The minimum absolute atomic E-state index is 0.0125. The molecule has 0 saturated carbocycles. The average molecular weight is 357 g/mol. The van der Waals surface area contributed by atoms with Crippen molar-refractivity contribution in [3.63, 3.8) is 0 Å². The molecule has 1 saturated heterocycles. The molecule has 2 unspecified atom stereocenters. The lowest BCUT2D eigenvalue weighted by Gasteiger charge is -2.29. The number of benzene rings is 2. The number of esters is 1. The molecule has 2 atom stereocenters. The number of hydrogen-bond donors (Lipinski definition) is 1. The van der Waals surface area contributed by atoms with E-state index in [4.69, 9.17) is 4.74 Å². The SMILES string of the molecule is COC(=O)C1CN(Cc2ccccc2)CC1(C(=O)O)c1ccccc1F. The molecule has 1 heterocycles. The number of likely N-dealkylation sites (tertiary alicyclic amines) is 1. The summed E-state index contributed by atoms with van der Waals surface area (Å²) in [6.45, 7) is 0.679. The predicted octanol–water partition coefficient (Wildman–Crippen LogP) is 2.45. The molecular weight excluding hydrogens is 337 g/mol. The van der Waals surface area contributed by atoms with Gasteiger partial charge in [-0.05, 0) is 11.6 Å². The highest BCUT2D eigenvalue weighted by Crippen LogP contribution is 2.42. The maximum Gasteiger partial charge on any atom is 0.316 e. The number of halogens is 1. The average Bonchev–Trinajstić information content (AvgIpc) is 3.02. The van der Waals surface area contributed by atoms with Crippen molar-refractivity contribution in [1.29, 1.82) is 0 Å². The molecule has 2 aromatic rings. The van der Waals surface area contributed by atoms with E-state index in [1.165, 1.54) is 25.3 Å². The van der Waals surface area contributed by atoms with Gasteiger partial charge < -0.3 is 9.84 Å². The van der Waals surface area contributed by atoms with Crippen molar-refractivity contribution in [3.05, 3.63) is 71.5 Å². The molecule has 1 N–H and O–H groups in total. The number of carbonyl (C=O) groups excluding carboxylic acids is 1. The highest BCUT2D eigenvalue weighted by Gasteiger charge is 2.58. The molecule has 0 bridgehead atoms. The van der Waals surface area contributed by atoms with Crippen LogP contribution in [0.1, 0.15) is 11.1 Å². The van der Waals surface area contributed by atoms with E-state index in [1.807, 2.05) is 35.2 Å². The van der Waals surface area contributed by atoms with Gasteiger partial charge in [0.15, 0.2) is 0 Å². The lowest BCUT2D eigenvalue weighted by Crippen LogP contribution is -2.47. The zero-order valence-electron chi connectivity index (χ0n) is 14.4. The van der Waals surface area contributed by atoms with Crippen molar-refractivity contribution >= 4 is 11.9 Å². The highest BCUT2D eigenvalue weighted by molar-refractivity contribution is 5.90. The van der Waals surface area contributed by atoms with Gasteiger partial charge in [-0.15, -0.1) is 0 Å². The summed E-state index contributed by atoms with van der Waals surface area (Å²) < 4.78 is 19.4. The molecule has 0 aliphatic carbocycles. The van der Waals surface area contributed by atoms with Crippen LogP contribution in [0.15, 0.2) is 54.6 Å². The van der Waals surface area contributed by atoms with Crippen LogP contribution in [0.5, 0.6) is 0 Å². The third kappa shape index (κ3) is 3.08. The van der Waals surface area contributed by atoms with Crippen molar-refractivity contribution < 1.29 is 23.8 Å². The number of carboxylic acid groups (broad SMARTS) is 1. The first-order chi connectivity index (χ1) is 12.5. The number of ether oxygens (including phenoxy) is 1. The first-order valence-electron chi connectivity index (χ1n) is 8.31. The molecule has 1 fully saturated rings. The molecule has 0 radical (unpaired) electrons. The van der Waals surface area contributed by atoms with Gasteiger partial charge in [0.2, 0.25) is 0 Å². The summed E-state index contributed by atoms with van der Waals surface area (Å²) in [6, 6.07) is 15.3. The van der Waals surface area contributed by atoms with Gasteiger partial charge in [-0.1, -0.05) is 48.5 Å². The van der Waals surface area contributed by atoms with E-state index < -0.39 is 29.1 Å². The number of hydrogen-bond acceptors (Lipinski definition) is 4. The Kier molecular flexibility index (Phi) is 5.04. The molecule has 0 amide bonds. The van der Waals surface area contributed by atoms with Crippen molar-refractivity contribution in [3.8, 4) is 0 Å². The van der Waals surface area contributed by atoms with E-state index in [1.54, 1.807) is 6.07 Å². The van der Waals surface area contributed by atoms with Gasteiger partial charge in [0.25, 0.3) is 0 Å². The van der Waals surface area contributed by atoms with Gasteiger partial charge in [-0.3, -0.25) is 14.5 Å². The fraction of sp³-hybridized carbons (Fsp3) is 0.300. The molecule has 3 rings (SSSR count). The van der Waals surface area contributed by atoms with Gasteiger partial charge in [-0.2, -0.15) is 0 Å². The van der Waals surface area contributed by atoms with Gasteiger partial charge >= 0.3 is 11.9 Å². The van der Waals surface area contributed by atoms with E-state index in [0.717, 1.165) is 5.56 Å². The summed E-state index contributed by atoms with van der Waals surface area (Å²) in [6.07, 6.45) is 0. The van der Waals surface area contributed by atoms with Crippen LogP contribution < -0.4 is 0 Å². The Labute approximate surface area is 151 Å². The Hall–Kier alpha value is -2.73. The van der Waals surface area contributed by atoms with Crippen LogP contribution in [0.3, 0.4) is 0 Å². The lowest BCUT2D eigenvalue weighted by atomic mass is 9.72. The number of carbonyl (C=O) groups is 2. The second-order valence-electron chi connectivity index (χ2n) is 6.49. The lowest BCUT2D eigenvalue weighted by molar-refractivity contribution is -0.155. The van der Waals surface area contributed by atoms with E-state index in [9.17, 15) is 19.1 Å². The van der Waals surface area contributed by atoms with Crippen LogP contribution in [0.4, 0.5) is 4.39 Å². The third-order valence-corrected chi connectivity index (χ3v) is 4.98. The molecule has 1 aliphatic heterocycles. The summed E-state index contributed by atoms with van der Waals surface area (Å²) in [5.41, 5.74) is -0.683. The fourth-order valence-electron chi connectivity index (χ4n) is 3.75. The standard InChI is InChI=1S/C20H20FNO4/c1-26-18(23)16-12-22(11-14-7-3-2-4-8-14)13-20(16,19(24)25)15-9-5-6-10-17(15)21/h2-10,16H,11-13H2,1H3,(H,24,25). The van der Waals surface area contributed by atoms with Crippen molar-refractivity contribution in [2.75, 3.05) is 20.2 Å². The smallest absolute Gasteiger partial charge is 0.316 e. The van der Waals surface area contributed by atoms with Gasteiger partial charge in [0.05, 0.1) is 13.0 Å².